The van der Waals surface area contributed by atoms with E-state index >= 15 is 0 Å². The first kappa shape index (κ1) is 18.4. The SMILES string of the molecule is Cn1cc(C(=O)N2CCN(C(=O)c3ccc4ccccc4n3)CC2)c2ccccc21. The molecule has 0 radical (unpaired) electrons. The molecule has 6 heteroatoms. The van der Waals surface area contributed by atoms with Crippen molar-refractivity contribution in [2.75, 3.05) is 26.2 Å². The molecule has 6 nitrogen and oxygen atoms in total. The molecule has 1 aliphatic rings. The predicted octanol–water partition coefficient (Wildman–Crippen LogP) is 3.32. The summed E-state index contributed by atoms with van der Waals surface area (Å²) in [5.74, 6) is -0.0688. The molecule has 30 heavy (non-hydrogen) atoms. The van der Waals surface area contributed by atoms with E-state index in [1.807, 2.05) is 77.3 Å². The van der Waals surface area contributed by atoms with Gasteiger partial charge < -0.3 is 14.4 Å². The number of hydrogen-bond acceptors (Lipinski definition) is 3. The highest BCUT2D eigenvalue weighted by Gasteiger charge is 2.27. The van der Waals surface area contributed by atoms with E-state index in [2.05, 4.69) is 4.98 Å². The number of fused-ring (bicyclic) bond motifs is 2. The van der Waals surface area contributed by atoms with Gasteiger partial charge in [0.2, 0.25) is 0 Å². The summed E-state index contributed by atoms with van der Waals surface area (Å²) in [7, 11) is 1.95. The van der Waals surface area contributed by atoms with Crippen LogP contribution in [0.5, 0.6) is 0 Å². The summed E-state index contributed by atoms with van der Waals surface area (Å²) in [5.41, 5.74) is 3.01. The Balaban J connectivity index is 1.30. The highest BCUT2D eigenvalue weighted by molar-refractivity contribution is 6.07. The zero-order valence-electron chi connectivity index (χ0n) is 16.8. The highest BCUT2D eigenvalue weighted by atomic mass is 16.2. The zero-order valence-corrected chi connectivity index (χ0v) is 16.8. The minimum atomic E-state index is -0.0852. The summed E-state index contributed by atoms with van der Waals surface area (Å²) in [5, 5.41) is 1.98. The third kappa shape index (κ3) is 3.10. The smallest absolute Gasteiger partial charge is 0.272 e. The van der Waals surface area contributed by atoms with Crippen molar-refractivity contribution in [2.45, 2.75) is 0 Å². The fraction of sp³-hybridized carbons (Fsp3) is 0.208. The summed E-state index contributed by atoms with van der Waals surface area (Å²) >= 11 is 0. The van der Waals surface area contributed by atoms with Gasteiger partial charge in [0, 0.05) is 55.7 Å². The molecular weight excluding hydrogens is 376 g/mol. The third-order valence-corrected chi connectivity index (χ3v) is 5.80. The molecule has 0 spiro atoms. The van der Waals surface area contributed by atoms with Gasteiger partial charge in [-0.25, -0.2) is 4.98 Å². The normalized spacial score (nSPS) is 14.4. The van der Waals surface area contributed by atoms with E-state index in [-0.39, 0.29) is 11.8 Å². The van der Waals surface area contributed by atoms with Crippen molar-refractivity contribution in [1.82, 2.24) is 19.4 Å². The van der Waals surface area contributed by atoms with Crippen molar-refractivity contribution in [1.29, 1.82) is 0 Å². The van der Waals surface area contributed by atoms with Gasteiger partial charge in [-0.15, -0.1) is 0 Å². The van der Waals surface area contributed by atoms with Crippen molar-refractivity contribution in [2.24, 2.45) is 7.05 Å². The Morgan fingerprint density at radius 2 is 1.47 bits per heavy atom. The van der Waals surface area contributed by atoms with Crippen molar-refractivity contribution in [3.63, 3.8) is 0 Å². The Hall–Kier alpha value is -3.67. The van der Waals surface area contributed by atoms with E-state index in [9.17, 15) is 9.59 Å². The summed E-state index contributed by atoms with van der Waals surface area (Å²) in [4.78, 5) is 34.2. The van der Waals surface area contributed by atoms with Crippen LogP contribution in [0.15, 0.2) is 66.9 Å². The Kier molecular flexibility index (Phi) is 4.47. The minimum Gasteiger partial charge on any atom is -0.350 e. The van der Waals surface area contributed by atoms with Crippen molar-refractivity contribution in [3.8, 4) is 0 Å². The summed E-state index contributed by atoms with van der Waals surface area (Å²) in [6.07, 6.45) is 1.89. The van der Waals surface area contributed by atoms with Crippen LogP contribution >= 0.6 is 0 Å². The van der Waals surface area contributed by atoms with Crippen LogP contribution in [0.3, 0.4) is 0 Å². The molecule has 0 saturated carbocycles. The molecular formula is C24H22N4O2. The molecule has 0 N–H and O–H groups in total. The van der Waals surface area contributed by atoms with Crippen LogP contribution in [0.25, 0.3) is 21.8 Å². The van der Waals surface area contributed by atoms with Gasteiger partial charge in [-0.2, -0.15) is 0 Å². The predicted molar refractivity (Wildman–Crippen MR) is 116 cm³/mol. The number of rotatable bonds is 2. The van der Waals surface area contributed by atoms with Gasteiger partial charge in [0.1, 0.15) is 5.69 Å². The average molecular weight is 398 g/mol. The number of aromatic nitrogens is 2. The van der Waals surface area contributed by atoms with Crippen molar-refractivity contribution >= 4 is 33.6 Å². The highest BCUT2D eigenvalue weighted by Crippen LogP contribution is 2.22. The monoisotopic (exact) mass is 398 g/mol. The molecule has 2 aromatic carbocycles. The molecule has 1 aliphatic heterocycles. The Labute approximate surface area is 174 Å². The number of nitrogens with zero attached hydrogens (tertiary/aromatic N) is 4. The lowest BCUT2D eigenvalue weighted by atomic mass is 10.1. The Morgan fingerprint density at radius 1 is 0.800 bits per heavy atom. The maximum atomic E-state index is 13.1. The molecule has 5 rings (SSSR count). The van der Waals surface area contributed by atoms with Crippen LogP contribution in [-0.4, -0.2) is 57.3 Å². The first-order valence-corrected chi connectivity index (χ1v) is 10.1. The minimum absolute atomic E-state index is 0.0164. The molecule has 0 unspecified atom stereocenters. The van der Waals surface area contributed by atoms with Crippen LogP contribution in [-0.2, 0) is 7.05 Å². The molecule has 2 aromatic heterocycles. The standard InChI is InChI=1S/C24H22N4O2/c1-26-16-19(18-7-3-5-9-22(18)26)23(29)27-12-14-28(15-13-27)24(30)21-11-10-17-6-2-4-8-20(17)25-21/h2-11,16H,12-15H2,1H3. The van der Waals surface area contributed by atoms with E-state index < -0.39 is 0 Å². The maximum Gasteiger partial charge on any atom is 0.272 e. The number of amides is 2. The summed E-state index contributed by atoms with van der Waals surface area (Å²) in [6.45, 7) is 2.04. The van der Waals surface area contributed by atoms with Gasteiger partial charge in [0.15, 0.2) is 0 Å². The number of benzene rings is 2. The molecule has 3 heterocycles. The molecule has 1 saturated heterocycles. The number of aryl methyl sites for hydroxylation is 1. The lowest BCUT2D eigenvalue weighted by Crippen LogP contribution is -2.50. The molecule has 0 bridgehead atoms. The second kappa shape index (κ2) is 7.30. The van der Waals surface area contributed by atoms with E-state index in [1.54, 1.807) is 11.0 Å². The number of carbonyl (C=O) groups is 2. The van der Waals surface area contributed by atoms with Crippen LogP contribution in [0.2, 0.25) is 0 Å². The van der Waals surface area contributed by atoms with E-state index in [0.29, 0.717) is 37.4 Å². The lowest BCUT2D eigenvalue weighted by Gasteiger charge is -2.34. The van der Waals surface area contributed by atoms with Gasteiger partial charge in [-0.1, -0.05) is 42.5 Å². The maximum absolute atomic E-state index is 13.1. The zero-order chi connectivity index (χ0) is 20.7. The number of hydrogen-bond donors (Lipinski definition) is 0. The molecule has 0 aliphatic carbocycles. The van der Waals surface area contributed by atoms with E-state index in [0.717, 1.165) is 21.8 Å². The summed E-state index contributed by atoms with van der Waals surface area (Å²) in [6, 6.07) is 19.4. The molecule has 2 amide bonds. The Morgan fingerprint density at radius 3 is 2.27 bits per heavy atom. The third-order valence-electron chi connectivity index (χ3n) is 5.80. The van der Waals surface area contributed by atoms with E-state index in [1.165, 1.54) is 0 Å². The number of pyridine rings is 1. The quantitative estimate of drug-likeness (QED) is 0.520. The van der Waals surface area contributed by atoms with Gasteiger partial charge in [-0.05, 0) is 18.2 Å². The van der Waals surface area contributed by atoms with Gasteiger partial charge in [0.05, 0.1) is 11.1 Å². The largest absolute Gasteiger partial charge is 0.350 e. The fourth-order valence-electron chi connectivity index (χ4n) is 4.14. The first-order chi connectivity index (χ1) is 14.6. The fourth-order valence-corrected chi connectivity index (χ4v) is 4.14. The van der Waals surface area contributed by atoms with Crippen molar-refractivity contribution < 1.29 is 9.59 Å². The van der Waals surface area contributed by atoms with E-state index in [4.69, 9.17) is 0 Å². The molecule has 0 atom stereocenters. The molecule has 1 fully saturated rings. The van der Waals surface area contributed by atoms with Gasteiger partial charge in [0.25, 0.3) is 11.8 Å². The van der Waals surface area contributed by atoms with Crippen LogP contribution in [0, 0.1) is 0 Å². The van der Waals surface area contributed by atoms with Crippen LogP contribution in [0.4, 0.5) is 0 Å². The van der Waals surface area contributed by atoms with Crippen LogP contribution < -0.4 is 0 Å². The second-order valence-corrected chi connectivity index (χ2v) is 7.64. The topological polar surface area (TPSA) is 58.4 Å². The second-order valence-electron chi connectivity index (χ2n) is 7.64. The first-order valence-electron chi connectivity index (χ1n) is 10.1. The van der Waals surface area contributed by atoms with Gasteiger partial charge in [-0.3, -0.25) is 9.59 Å². The number of para-hydroxylation sites is 2. The van der Waals surface area contributed by atoms with Crippen molar-refractivity contribution in [3.05, 3.63) is 78.1 Å². The number of piperazine rings is 1. The number of carbonyl (C=O) groups excluding carboxylic acids is 2. The molecule has 150 valence electrons. The molecule has 4 aromatic rings. The van der Waals surface area contributed by atoms with Gasteiger partial charge >= 0.3 is 0 Å². The lowest BCUT2D eigenvalue weighted by molar-refractivity contribution is 0.0533. The average Bonchev–Trinajstić information content (AvgIpc) is 3.14. The van der Waals surface area contributed by atoms with Crippen LogP contribution in [0.1, 0.15) is 20.8 Å². The summed E-state index contributed by atoms with van der Waals surface area (Å²) < 4.78 is 1.98. The Bertz CT molecular complexity index is 1270.